The maximum Gasteiger partial charge on any atom is 0.337 e. The van der Waals surface area contributed by atoms with Crippen LogP contribution in [0.2, 0.25) is 0 Å². The standard InChI is InChI=1S/C26H25FN4O4/c1-33-26(32)21-8-7-20(24(27)16-21)9-12-25-29-22(18-35-25)17-34-23-10-5-19(6-11-23)4-2-3-14-31-15-13-28-30-31/h5-13,15-16,18H,2-4,14,17H2,1H3/b12-9+. The van der Waals surface area contributed by atoms with Crippen LogP contribution in [0.25, 0.3) is 12.2 Å². The molecule has 0 N–H and O–H groups in total. The molecule has 0 bridgehead atoms. The van der Waals surface area contributed by atoms with Crippen LogP contribution in [0.4, 0.5) is 4.39 Å². The number of esters is 1. The second-order valence-corrected chi connectivity index (χ2v) is 7.79. The Balaban J connectivity index is 1.23. The van der Waals surface area contributed by atoms with E-state index in [1.165, 1.54) is 37.1 Å². The summed E-state index contributed by atoms with van der Waals surface area (Å²) in [6.45, 7) is 1.11. The molecule has 2 heterocycles. The molecule has 2 aromatic heterocycles. The summed E-state index contributed by atoms with van der Waals surface area (Å²) in [6.07, 6.45) is 11.2. The molecule has 0 aliphatic rings. The number of carbonyl (C=O) groups excluding carboxylic acids is 1. The highest BCUT2D eigenvalue weighted by Crippen LogP contribution is 2.17. The molecule has 2 aromatic carbocycles. The Bertz CT molecular complexity index is 1270. The van der Waals surface area contributed by atoms with Crippen LogP contribution in [0, 0.1) is 5.82 Å². The van der Waals surface area contributed by atoms with Crippen molar-refractivity contribution in [3.05, 3.63) is 95.2 Å². The molecule has 4 rings (SSSR count). The molecule has 0 saturated heterocycles. The van der Waals surface area contributed by atoms with Crippen molar-refractivity contribution in [3.8, 4) is 5.75 Å². The highest BCUT2D eigenvalue weighted by Gasteiger charge is 2.09. The van der Waals surface area contributed by atoms with Crippen LogP contribution in [0.3, 0.4) is 0 Å². The van der Waals surface area contributed by atoms with Gasteiger partial charge in [0.2, 0.25) is 5.89 Å². The number of nitrogens with zero attached hydrogens (tertiary/aromatic N) is 4. The van der Waals surface area contributed by atoms with Gasteiger partial charge in [0, 0.05) is 24.4 Å². The van der Waals surface area contributed by atoms with Crippen molar-refractivity contribution in [1.82, 2.24) is 20.0 Å². The molecule has 0 aliphatic carbocycles. The number of rotatable bonds is 11. The van der Waals surface area contributed by atoms with Crippen LogP contribution < -0.4 is 4.74 Å². The van der Waals surface area contributed by atoms with Gasteiger partial charge in [-0.25, -0.2) is 14.2 Å². The van der Waals surface area contributed by atoms with Gasteiger partial charge >= 0.3 is 5.97 Å². The number of benzene rings is 2. The molecular weight excluding hydrogens is 451 g/mol. The number of ether oxygens (including phenoxy) is 2. The Morgan fingerprint density at radius 3 is 2.74 bits per heavy atom. The second kappa shape index (κ2) is 11.7. The van der Waals surface area contributed by atoms with E-state index in [-0.39, 0.29) is 12.2 Å². The van der Waals surface area contributed by atoms with Crippen LogP contribution in [0.5, 0.6) is 5.75 Å². The number of halogens is 1. The average molecular weight is 477 g/mol. The summed E-state index contributed by atoms with van der Waals surface area (Å²) in [7, 11) is 1.25. The van der Waals surface area contributed by atoms with Gasteiger partial charge in [-0.1, -0.05) is 23.4 Å². The normalized spacial score (nSPS) is 11.1. The van der Waals surface area contributed by atoms with Crippen molar-refractivity contribution in [3.63, 3.8) is 0 Å². The first kappa shape index (κ1) is 23.9. The lowest BCUT2D eigenvalue weighted by molar-refractivity contribution is 0.0600. The predicted molar refractivity (Wildman–Crippen MR) is 127 cm³/mol. The third kappa shape index (κ3) is 6.86. The molecule has 0 saturated carbocycles. The van der Waals surface area contributed by atoms with Crippen LogP contribution >= 0.6 is 0 Å². The minimum absolute atomic E-state index is 0.147. The molecular formula is C26H25FN4O4. The van der Waals surface area contributed by atoms with Crippen LogP contribution in [0.15, 0.2) is 65.5 Å². The number of aromatic nitrogens is 4. The first-order valence-corrected chi connectivity index (χ1v) is 11.2. The quantitative estimate of drug-likeness (QED) is 0.223. The molecule has 8 nitrogen and oxygen atoms in total. The van der Waals surface area contributed by atoms with Crippen molar-refractivity contribution < 1.29 is 23.1 Å². The van der Waals surface area contributed by atoms with Gasteiger partial charge in [0.25, 0.3) is 0 Å². The number of oxazole rings is 1. The molecule has 180 valence electrons. The molecule has 0 aliphatic heterocycles. The van der Waals surface area contributed by atoms with E-state index in [0.29, 0.717) is 17.1 Å². The Morgan fingerprint density at radius 1 is 1.14 bits per heavy atom. The van der Waals surface area contributed by atoms with Crippen molar-refractivity contribution in [2.75, 3.05) is 7.11 Å². The van der Waals surface area contributed by atoms with E-state index in [0.717, 1.165) is 37.6 Å². The van der Waals surface area contributed by atoms with E-state index < -0.39 is 11.8 Å². The summed E-state index contributed by atoms with van der Waals surface area (Å²) in [6, 6.07) is 12.1. The van der Waals surface area contributed by atoms with Crippen molar-refractivity contribution >= 4 is 18.1 Å². The number of hydrogen-bond donors (Lipinski definition) is 0. The van der Waals surface area contributed by atoms with Crippen LogP contribution in [0.1, 0.15) is 45.9 Å². The van der Waals surface area contributed by atoms with Gasteiger partial charge in [-0.15, -0.1) is 5.10 Å². The monoisotopic (exact) mass is 476 g/mol. The van der Waals surface area contributed by atoms with Gasteiger partial charge in [0.05, 0.1) is 18.9 Å². The molecule has 4 aromatic rings. The largest absolute Gasteiger partial charge is 0.487 e. The summed E-state index contributed by atoms with van der Waals surface area (Å²) in [5.74, 6) is -0.0748. The fraction of sp³-hybridized carbons (Fsp3) is 0.231. The molecule has 0 spiro atoms. The van der Waals surface area contributed by atoms with Gasteiger partial charge < -0.3 is 13.9 Å². The second-order valence-electron chi connectivity index (χ2n) is 7.79. The average Bonchev–Trinajstić information content (AvgIpc) is 3.57. The zero-order valence-corrected chi connectivity index (χ0v) is 19.3. The number of methoxy groups -OCH3 is 1. The first-order valence-electron chi connectivity index (χ1n) is 11.2. The molecule has 0 unspecified atom stereocenters. The third-order valence-electron chi connectivity index (χ3n) is 5.28. The lowest BCUT2D eigenvalue weighted by Crippen LogP contribution is -2.01. The summed E-state index contributed by atoms with van der Waals surface area (Å²) >= 11 is 0. The predicted octanol–water partition coefficient (Wildman–Crippen LogP) is 4.96. The molecule has 0 radical (unpaired) electrons. The molecule has 0 atom stereocenters. The highest BCUT2D eigenvalue weighted by atomic mass is 19.1. The van der Waals surface area contributed by atoms with Gasteiger partial charge in [-0.3, -0.25) is 4.68 Å². The smallest absolute Gasteiger partial charge is 0.337 e. The first-order chi connectivity index (χ1) is 17.1. The van der Waals surface area contributed by atoms with Crippen LogP contribution in [-0.2, 0) is 24.3 Å². The van der Waals surface area contributed by atoms with Gasteiger partial charge in [-0.2, -0.15) is 0 Å². The van der Waals surface area contributed by atoms with E-state index in [9.17, 15) is 9.18 Å². The van der Waals surface area contributed by atoms with Gasteiger partial charge in [0.15, 0.2) is 0 Å². The van der Waals surface area contributed by atoms with E-state index in [2.05, 4.69) is 32.2 Å². The minimum Gasteiger partial charge on any atom is -0.487 e. The fourth-order valence-corrected chi connectivity index (χ4v) is 3.40. The number of unbranched alkanes of at least 4 members (excludes halogenated alkanes) is 1. The Morgan fingerprint density at radius 2 is 2.00 bits per heavy atom. The zero-order valence-electron chi connectivity index (χ0n) is 19.3. The zero-order chi connectivity index (χ0) is 24.5. The van der Waals surface area contributed by atoms with Crippen molar-refractivity contribution in [2.45, 2.75) is 32.4 Å². The van der Waals surface area contributed by atoms with Crippen molar-refractivity contribution in [1.29, 1.82) is 0 Å². The maximum absolute atomic E-state index is 14.2. The highest BCUT2D eigenvalue weighted by molar-refractivity contribution is 5.89. The fourth-order valence-electron chi connectivity index (χ4n) is 3.40. The van der Waals surface area contributed by atoms with E-state index in [1.54, 1.807) is 12.3 Å². The Hall–Kier alpha value is -4.27. The summed E-state index contributed by atoms with van der Waals surface area (Å²) in [5, 5.41) is 7.77. The SMILES string of the molecule is COC(=O)c1ccc(/C=C/c2nc(COc3ccc(CCCCn4ccnn4)cc3)co2)c(F)c1. The van der Waals surface area contributed by atoms with Gasteiger partial charge in [0.1, 0.15) is 30.1 Å². The summed E-state index contributed by atoms with van der Waals surface area (Å²) in [5.41, 5.74) is 2.31. The third-order valence-corrected chi connectivity index (χ3v) is 5.28. The molecule has 35 heavy (non-hydrogen) atoms. The number of aryl methyl sites for hydroxylation is 2. The van der Waals surface area contributed by atoms with Gasteiger partial charge in [-0.05, 0) is 55.2 Å². The van der Waals surface area contributed by atoms with E-state index in [1.807, 2.05) is 23.0 Å². The van der Waals surface area contributed by atoms with E-state index >= 15 is 0 Å². The Kier molecular flexibility index (Phi) is 8.00. The number of carbonyl (C=O) groups is 1. The lowest BCUT2D eigenvalue weighted by atomic mass is 10.1. The minimum atomic E-state index is -0.592. The van der Waals surface area contributed by atoms with E-state index in [4.69, 9.17) is 9.15 Å². The lowest BCUT2D eigenvalue weighted by Gasteiger charge is -2.06. The number of hydrogen-bond acceptors (Lipinski definition) is 7. The molecule has 9 heteroatoms. The summed E-state index contributed by atoms with van der Waals surface area (Å²) in [4.78, 5) is 15.8. The molecule has 0 amide bonds. The summed E-state index contributed by atoms with van der Waals surface area (Å²) < 4.78 is 31.8. The van der Waals surface area contributed by atoms with Crippen LogP contribution in [-0.4, -0.2) is 33.1 Å². The van der Waals surface area contributed by atoms with Crippen molar-refractivity contribution in [2.24, 2.45) is 0 Å². The Labute approximate surface area is 202 Å². The molecule has 0 fully saturated rings. The topological polar surface area (TPSA) is 92.3 Å². The maximum atomic E-state index is 14.2.